The summed E-state index contributed by atoms with van der Waals surface area (Å²) < 4.78 is 12.5. The summed E-state index contributed by atoms with van der Waals surface area (Å²) in [6.45, 7) is 11.4. The summed E-state index contributed by atoms with van der Waals surface area (Å²) in [5.74, 6) is -0.312. The number of rotatable bonds is 8. The molecule has 0 aliphatic carbocycles. The molecule has 0 bridgehead atoms. The van der Waals surface area contributed by atoms with Gasteiger partial charge in [0.1, 0.15) is 0 Å². The Morgan fingerprint density at radius 2 is 1.97 bits per heavy atom. The highest BCUT2D eigenvalue weighted by atomic mass is 32.1. The Morgan fingerprint density at radius 3 is 2.66 bits per heavy atom. The summed E-state index contributed by atoms with van der Waals surface area (Å²) in [5.41, 5.74) is 7.50. The molecular formula is C23H31N5O3S. The summed E-state index contributed by atoms with van der Waals surface area (Å²) in [4.78, 5) is 14.2. The predicted octanol–water partition coefficient (Wildman–Crippen LogP) is 2.40. The van der Waals surface area contributed by atoms with E-state index in [9.17, 15) is 4.79 Å². The Bertz CT molecular complexity index is 949. The predicted molar refractivity (Wildman–Crippen MR) is 130 cm³/mol. The first kappa shape index (κ1) is 23.9. The van der Waals surface area contributed by atoms with Gasteiger partial charge in [0.2, 0.25) is 0 Å². The molecule has 0 amide bonds. The van der Waals surface area contributed by atoms with Crippen LogP contribution in [0.1, 0.15) is 34.2 Å². The van der Waals surface area contributed by atoms with E-state index in [0.717, 1.165) is 62.0 Å². The highest BCUT2D eigenvalue weighted by Gasteiger charge is 2.12. The van der Waals surface area contributed by atoms with Crippen LogP contribution in [0.5, 0.6) is 0 Å². The molecule has 0 unspecified atom stereocenters. The largest absolute Gasteiger partial charge is 0.462 e. The van der Waals surface area contributed by atoms with E-state index in [1.54, 1.807) is 25.3 Å². The van der Waals surface area contributed by atoms with E-state index in [0.29, 0.717) is 17.3 Å². The maximum absolute atomic E-state index is 11.9. The molecule has 0 radical (unpaired) electrons. The molecule has 1 aliphatic heterocycles. The Balaban J connectivity index is 1.55. The van der Waals surface area contributed by atoms with Gasteiger partial charge in [-0.1, -0.05) is 0 Å². The zero-order valence-electron chi connectivity index (χ0n) is 18.9. The number of morpholine rings is 1. The second-order valence-electron chi connectivity index (χ2n) is 7.51. The zero-order valence-corrected chi connectivity index (χ0v) is 19.7. The van der Waals surface area contributed by atoms with Crippen LogP contribution in [0.25, 0.3) is 5.69 Å². The lowest BCUT2D eigenvalue weighted by atomic mass is 10.2. The number of hydrogen-bond acceptors (Lipinski definition) is 6. The molecule has 172 valence electrons. The monoisotopic (exact) mass is 457 g/mol. The fourth-order valence-electron chi connectivity index (χ4n) is 3.63. The minimum Gasteiger partial charge on any atom is -0.462 e. The van der Waals surface area contributed by atoms with Gasteiger partial charge in [-0.3, -0.25) is 10.3 Å². The highest BCUT2D eigenvalue weighted by Crippen LogP contribution is 2.20. The third-order valence-corrected chi connectivity index (χ3v) is 5.53. The molecule has 0 atom stereocenters. The first-order chi connectivity index (χ1) is 15.5. The molecule has 1 saturated heterocycles. The molecule has 2 aromatic rings. The molecule has 1 fully saturated rings. The van der Waals surface area contributed by atoms with E-state index < -0.39 is 0 Å². The van der Waals surface area contributed by atoms with Gasteiger partial charge in [0.15, 0.2) is 5.11 Å². The van der Waals surface area contributed by atoms with E-state index in [4.69, 9.17) is 21.7 Å². The SMILES string of the molecule is CCOC(=O)c1ccc(-n2c(C)cc(/C=N/NC(=S)NCCN3CCOCC3)c2C)cc1. The Hall–Kier alpha value is -2.75. The standard InChI is InChI=1S/C23H31N5O3S/c1-4-31-22(29)19-5-7-21(8-6-19)28-17(2)15-20(18(28)3)16-25-26-23(32)24-9-10-27-11-13-30-14-12-27/h5-8,15-16H,4,9-14H2,1-3H3,(H2,24,26,32)/b25-16+. The third-order valence-electron chi connectivity index (χ3n) is 5.29. The summed E-state index contributed by atoms with van der Waals surface area (Å²) in [7, 11) is 0. The summed E-state index contributed by atoms with van der Waals surface area (Å²) in [6, 6.07) is 9.46. The molecule has 32 heavy (non-hydrogen) atoms. The minimum atomic E-state index is -0.312. The normalized spacial score (nSPS) is 14.5. The average Bonchev–Trinajstić information content (AvgIpc) is 3.07. The van der Waals surface area contributed by atoms with Gasteiger partial charge in [-0.15, -0.1) is 0 Å². The van der Waals surface area contributed by atoms with Gasteiger partial charge in [-0.25, -0.2) is 4.79 Å². The summed E-state index contributed by atoms with van der Waals surface area (Å²) >= 11 is 5.31. The summed E-state index contributed by atoms with van der Waals surface area (Å²) in [6.07, 6.45) is 1.77. The van der Waals surface area contributed by atoms with Crippen LogP contribution in [0.4, 0.5) is 0 Å². The number of hydrazone groups is 1. The molecule has 1 aromatic carbocycles. The fourth-order valence-corrected chi connectivity index (χ4v) is 3.78. The van der Waals surface area contributed by atoms with Crippen molar-refractivity contribution in [2.24, 2.45) is 5.10 Å². The number of ether oxygens (including phenoxy) is 2. The van der Waals surface area contributed by atoms with Gasteiger partial charge in [-0.05, 0) is 63.3 Å². The van der Waals surface area contributed by atoms with Crippen LogP contribution in [0.3, 0.4) is 0 Å². The number of carbonyl (C=O) groups excluding carboxylic acids is 1. The van der Waals surface area contributed by atoms with Crippen molar-refractivity contribution in [3.63, 3.8) is 0 Å². The van der Waals surface area contributed by atoms with Crippen LogP contribution in [-0.2, 0) is 9.47 Å². The Morgan fingerprint density at radius 1 is 1.25 bits per heavy atom. The zero-order chi connectivity index (χ0) is 22.9. The molecule has 2 N–H and O–H groups in total. The number of carbonyl (C=O) groups is 1. The van der Waals surface area contributed by atoms with Crippen molar-refractivity contribution >= 4 is 29.5 Å². The van der Waals surface area contributed by atoms with E-state index in [2.05, 4.69) is 31.4 Å². The van der Waals surface area contributed by atoms with E-state index in [1.807, 2.05) is 26.0 Å². The maximum atomic E-state index is 11.9. The number of thiocarbonyl (C=S) groups is 1. The topological polar surface area (TPSA) is 80.1 Å². The lowest BCUT2D eigenvalue weighted by Gasteiger charge is -2.26. The molecular weight excluding hydrogens is 426 g/mol. The quantitative estimate of drug-likeness (QED) is 0.273. The van der Waals surface area contributed by atoms with Gasteiger partial charge in [0.25, 0.3) is 0 Å². The molecule has 8 nitrogen and oxygen atoms in total. The van der Waals surface area contributed by atoms with Crippen molar-refractivity contribution in [1.29, 1.82) is 0 Å². The lowest BCUT2D eigenvalue weighted by Crippen LogP contribution is -2.42. The van der Waals surface area contributed by atoms with Crippen LogP contribution >= 0.6 is 12.2 Å². The van der Waals surface area contributed by atoms with E-state index in [-0.39, 0.29) is 5.97 Å². The van der Waals surface area contributed by atoms with Gasteiger partial charge in [0, 0.05) is 48.8 Å². The fraction of sp³-hybridized carbons (Fsp3) is 0.435. The molecule has 0 saturated carbocycles. The van der Waals surface area contributed by atoms with Gasteiger partial charge in [0.05, 0.1) is 31.6 Å². The molecule has 1 aliphatic rings. The van der Waals surface area contributed by atoms with Gasteiger partial charge >= 0.3 is 5.97 Å². The van der Waals surface area contributed by atoms with E-state index >= 15 is 0 Å². The van der Waals surface area contributed by atoms with Gasteiger partial charge < -0.3 is 19.4 Å². The van der Waals surface area contributed by atoms with Crippen LogP contribution in [0.2, 0.25) is 0 Å². The number of benzene rings is 1. The Kier molecular flexibility index (Phi) is 8.78. The number of nitrogens with zero attached hydrogens (tertiary/aromatic N) is 3. The Labute approximate surface area is 194 Å². The van der Waals surface area contributed by atoms with Crippen molar-refractivity contribution in [1.82, 2.24) is 20.2 Å². The van der Waals surface area contributed by atoms with E-state index in [1.165, 1.54) is 0 Å². The molecule has 2 heterocycles. The van der Waals surface area contributed by atoms with Crippen LogP contribution in [0.15, 0.2) is 35.4 Å². The molecule has 9 heteroatoms. The molecule has 0 spiro atoms. The van der Waals surface area contributed by atoms with Crippen LogP contribution in [0, 0.1) is 13.8 Å². The van der Waals surface area contributed by atoms with Crippen molar-refractivity contribution < 1.29 is 14.3 Å². The van der Waals surface area contributed by atoms with Crippen LogP contribution in [-0.4, -0.2) is 72.8 Å². The van der Waals surface area contributed by atoms with Crippen LogP contribution < -0.4 is 10.7 Å². The summed E-state index contributed by atoms with van der Waals surface area (Å²) in [5, 5.41) is 7.96. The second-order valence-corrected chi connectivity index (χ2v) is 7.92. The first-order valence-corrected chi connectivity index (χ1v) is 11.2. The number of aryl methyl sites for hydroxylation is 1. The average molecular weight is 458 g/mol. The maximum Gasteiger partial charge on any atom is 0.338 e. The van der Waals surface area contributed by atoms with Gasteiger partial charge in [-0.2, -0.15) is 5.10 Å². The van der Waals surface area contributed by atoms with Crippen molar-refractivity contribution in [2.75, 3.05) is 46.0 Å². The second kappa shape index (κ2) is 11.8. The number of nitrogens with one attached hydrogen (secondary N) is 2. The lowest BCUT2D eigenvalue weighted by molar-refractivity contribution is 0.0389. The van der Waals surface area contributed by atoms with Crippen molar-refractivity contribution in [3.05, 3.63) is 52.8 Å². The smallest absolute Gasteiger partial charge is 0.338 e. The highest BCUT2D eigenvalue weighted by molar-refractivity contribution is 7.80. The number of hydrogen-bond donors (Lipinski definition) is 2. The minimum absolute atomic E-state index is 0.312. The molecule has 3 rings (SSSR count). The van der Waals surface area contributed by atoms with Crippen molar-refractivity contribution in [3.8, 4) is 5.69 Å². The number of aromatic nitrogens is 1. The number of esters is 1. The molecule has 1 aromatic heterocycles. The third kappa shape index (κ3) is 6.38. The first-order valence-electron chi connectivity index (χ1n) is 10.8. The van der Waals surface area contributed by atoms with Crippen molar-refractivity contribution in [2.45, 2.75) is 20.8 Å².